The SMILES string of the molecule is COc1ccc(-c2n[nH]c(=S)n2CCC(=O)NCCn2cc([N+](=O)[O-])cn2)cc1. The van der Waals surface area contributed by atoms with Crippen LogP contribution in [-0.2, 0) is 17.9 Å². The van der Waals surface area contributed by atoms with E-state index in [-0.39, 0.29) is 18.0 Å². The third kappa shape index (κ3) is 5.04. The van der Waals surface area contributed by atoms with Crippen molar-refractivity contribution < 1.29 is 14.5 Å². The van der Waals surface area contributed by atoms with Gasteiger partial charge in [-0.25, -0.2) is 0 Å². The highest BCUT2D eigenvalue weighted by Gasteiger charge is 2.12. The quantitative estimate of drug-likeness (QED) is 0.309. The molecular weight excluding hydrogens is 398 g/mol. The van der Waals surface area contributed by atoms with Crippen molar-refractivity contribution in [3.8, 4) is 17.1 Å². The molecule has 2 heterocycles. The molecule has 0 aliphatic carbocycles. The first kappa shape index (κ1) is 20.2. The summed E-state index contributed by atoms with van der Waals surface area (Å²) in [7, 11) is 1.59. The highest BCUT2D eigenvalue weighted by molar-refractivity contribution is 7.71. The van der Waals surface area contributed by atoms with Gasteiger partial charge in [0.05, 0.1) is 18.6 Å². The Balaban J connectivity index is 1.54. The Kier molecular flexibility index (Phi) is 6.34. The van der Waals surface area contributed by atoms with E-state index in [1.165, 1.54) is 17.1 Å². The minimum absolute atomic E-state index is 0.0864. The zero-order valence-corrected chi connectivity index (χ0v) is 16.4. The van der Waals surface area contributed by atoms with Gasteiger partial charge in [-0.1, -0.05) is 0 Å². The zero-order valence-electron chi connectivity index (χ0n) is 15.6. The molecule has 0 atom stereocenters. The molecule has 0 unspecified atom stereocenters. The van der Waals surface area contributed by atoms with E-state index in [0.29, 0.717) is 30.2 Å². The van der Waals surface area contributed by atoms with E-state index in [1.807, 2.05) is 24.3 Å². The van der Waals surface area contributed by atoms with Crippen molar-refractivity contribution in [2.45, 2.75) is 19.5 Å². The maximum Gasteiger partial charge on any atom is 0.306 e. The molecule has 0 fully saturated rings. The van der Waals surface area contributed by atoms with Gasteiger partial charge >= 0.3 is 5.69 Å². The molecule has 0 saturated carbocycles. The highest BCUT2D eigenvalue weighted by Crippen LogP contribution is 2.21. The van der Waals surface area contributed by atoms with Crippen molar-refractivity contribution in [2.24, 2.45) is 0 Å². The number of nitro groups is 1. The molecule has 0 bridgehead atoms. The number of H-pyrrole nitrogens is 1. The van der Waals surface area contributed by atoms with Crippen LogP contribution in [0.25, 0.3) is 11.4 Å². The second-order valence-corrected chi connectivity index (χ2v) is 6.44. The summed E-state index contributed by atoms with van der Waals surface area (Å²) in [6, 6.07) is 7.38. The Bertz CT molecular complexity index is 1050. The molecular formula is C17H19N7O4S. The van der Waals surface area contributed by atoms with Crippen LogP contribution in [0.15, 0.2) is 36.7 Å². The summed E-state index contributed by atoms with van der Waals surface area (Å²) in [4.78, 5) is 22.3. The van der Waals surface area contributed by atoms with Crippen LogP contribution >= 0.6 is 12.2 Å². The fraction of sp³-hybridized carbons (Fsp3) is 0.294. The number of nitrogens with one attached hydrogen (secondary N) is 2. The van der Waals surface area contributed by atoms with Gasteiger partial charge in [-0.05, 0) is 36.5 Å². The molecule has 12 heteroatoms. The van der Waals surface area contributed by atoms with Crippen LogP contribution in [0.5, 0.6) is 5.75 Å². The number of hydrogen-bond acceptors (Lipinski definition) is 7. The number of aromatic amines is 1. The van der Waals surface area contributed by atoms with Crippen LogP contribution < -0.4 is 10.1 Å². The van der Waals surface area contributed by atoms with Gasteiger partial charge in [-0.15, -0.1) is 0 Å². The number of amides is 1. The van der Waals surface area contributed by atoms with Gasteiger partial charge in [0.1, 0.15) is 18.1 Å². The van der Waals surface area contributed by atoms with E-state index in [4.69, 9.17) is 17.0 Å². The lowest BCUT2D eigenvalue weighted by Crippen LogP contribution is -2.28. The third-order valence-corrected chi connectivity index (χ3v) is 4.47. The molecule has 0 aliphatic rings. The Labute approximate surface area is 170 Å². The van der Waals surface area contributed by atoms with Gasteiger partial charge in [-0.2, -0.15) is 10.2 Å². The summed E-state index contributed by atoms with van der Waals surface area (Å²) in [5, 5.41) is 24.3. The monoisotopic (exact) mass is 417 g/mol. The first-order chi connectivity index (χ1) is 14.0. The second-order valence-electron chi connectivity index (χ2n) is 6.05. The topological polar surface area (TPSA) is 133 Å². The number of rotatable bonds is 9. The Morgan fingerprint density at radius 3 is 2.76 bits per heavy atom. The van der Waals surface area contributed by atoms with Crippen LogP contribution in [0.2, 0.25) is 0 Å². The number of carbonyl (C=O) groups is 1. The number of methoxy groups -OCH3 is 1. The summed E-state index contributed by atoms with van der Waals surface area (Å²) >= 11 is 5.27. The fourth-order valence-corrected chi connectivity index (χ4v) is 2.89. The van der Waals surface area contributed by atoms with Crippen molar-refractivity contribution in [2.75, 3.05) is 13.7 Å². The Morgan fingerprint density at radius 2 is 2.10 bits per heavy atom. The average Bonchev–Trinajstić information content (AvgIpc) is 3.33. The predicted octanol–water partition coefficient (Wildman–Crippen LogP) is 1.93. The van der Waals surface area contributed by atoms with Gasteiger partial charge in [0.25, 0.3) is 0 Å². The first-order valence-corrected chi connectivity index (χ1v) is 9.12. The van der Waals surface area contributed by atoms with Gasteiger partial charge < -0.3 is 10.1 Å². The largest absolute Gasteiger partial charge is 0.497 e. The average molecular weight is 417 g/mol. The molecule has 1 aromatic carbocycles. The van der Waals surface area contributed by atoms with Crippen molar-refractivity contribution >= 4 is 23.8 Å². The first-order valence-electron chi connectivity index (χ1n) is 8.71. The molecule has 2 N–H and O–H groups in total. The summed E-state index contributed by atoms with van der Waals surface area (Å²) in [6.45, 7) is 0.997. The summed E-state index contributed by atoms with van der Waals surface area (Å²) < 4.78 is 8.74. The lowest BCUT2D eigenvalue weighted by molar-refractivity contribution is -0.385. The van der Waals surface area contributed by atoms with Gasteiger partial charge in [0, 0.05) is 25.1 Å². The normalized spacial score (nSPS) is 10.7. The van der Waals surface area contributed by atoms with E-state index in [9.17, 15) is 14.9 Å². The Morgan fingerprint density at radius 1 is 1.34 bits per heavy atom. The lowest BCUT2D eigenvalue weighted by atomic mass is 10.2. The van der Waals surface area contributed by atoms with E-state index in [1.54, 1.807) is 11.7 Å². The highest BCUT2D eigenvalue weighted by atomic mass is 32.1. The molecule has 29 heavy (non-hydrogen) atoms. The van der Waals surface area contributed by atoms with Crippen molar-refractivity contribution in [3.63, 3.8) is 0 Å². The summed E-state index contributed by atoms with van der Waals surface area (Å²) in [5.41, 5.74) is 0.760. The number of hydrogen-bond donors (Lipinski definition) is 2. The minimum Gasteiger partial charge on any atom is -0.497 e. The van der Waals surface area contributed by atoms with Crippen molar-refractivity contribution in [3.05, 3.63) is 51.5 Å². The standard InChI is InChI=1S/C17H19N7O4S/c1-28-14-4-2-12(3-5-14)16-20-21-17(29)23(16)8-6-15(25)18-7-9-22-11-13(10-19-22)24(26)27/h2-5,10-11H,6-9H2,1H3,(H,18,25)(H,21,29). The van der Waals surface area contributed by atoms with E-state index in [0.717, 1.165) is 11.3 Å². The molecule has 0 aliphatic heterocycles. The molecule has 0 radical (unpaired) electrons. The maximum atomic E-state index is 12.1. The summed E-state index contributed by atoms with van der Waals surface area (Å²) in [6.07, 6.45) is 2.69. The maximum absolute atomic E-state index is 12.1. The summed E-state index contributed by atoms with van der Waals surface area (Å²) in [5.74, 6) is 1.20. The van der Waals surface area contributed by atoms with E-state index >= 15 is 0 Å². The number of ether oxygens (including phenoxy) is 1. The molecule has 3 aromatic rings. The molecule has 0 saturated heterocycles. The predicted molar refractivity (Wildman–Crippen MR) is 106 cm³/mol. The van der Waals surface area contributed by atoms with Crippen molar-refractivity contribution in [1.82, 2.24) is 29.9 Å². The Hall–Kier alpha value is -3.54. The fourth-order valence-electron chi connectivity index (χ4n) is 2.67. The van der Waals surface area contributed by atoms with Crippen LogP contribution in [0.1, 0.15) is 6.42 Å². The smallest absolute Gasteiger partial charge is 0.306 e. The zero-order chi connectivity index (χ0) is 20.8. The van der Waals surface area contributed by atoms with Gasteiger partial charge in [0.15, 0.2) is 10.6 Å². The van der Waals surface area contributed by atoms with Crippen LogP contribution in [0, 0.1) is 14.9 Å². The molecule has 152 valence electrons. The number of benzene rings is 1. The molecule has 3 rings (SSSR count). The van der Waals surface area contributed by atoms with Gasteiger partial charge in [-0.3, -0.25) is 29.3 Å². The minimum atomic E-state index is -0.517. The van der Waals surface area contributed by atoms with Crippen LogP contribution in [-0.4, -0.2) is 49.0 Å². The van der Waals surface area contributed by atoms with E-state index < -0.39 is 4.92 Å². The second kappa shape index (κ2) is 9.10. The molecule has 1 amide bonds. The molecule has 2 aromatic heterocycles. The third-order valence-electron chi connectivity index (χ3n) is 4.16. The van der Waals surface area contributed by atoms with E-state index in [2.05, 4.69) is 20.6 Å². The number of carbonyl (C=O) groups excluding carboxylic acids is 1. The van der Waals surface area contributed by atoms with Gasteiger partial charge in [0.2, 0.25) is 5.91 Å². The lowest BCUT2D eigenvalue weighted by Gasteiger charge is -2.08. The molecule has 11 nitrogen and oxygen atoms in total. The molecule has 0 spiro atoms. The number of aromatic nitrogens is 5. The number of nitrogens with zero attached hydrogens (tertiary/aromatic N) is 5. The van der Waals surface area contributed by atoms with Crippen LogP contribution in [0.3, 0.4) is 0 Å². The van der Waals surface area contributed by atoms with Crippen molar-refractivity contribution in [1.29, 1.82) is 0 Å². The van der Waals surface area contributed by atoms with Crippen LogP contribution in [0.4, 0.5) is 5.69 Å².